The molecule has 0 aliphatic carbocycles. The molecule has 0 atom stereocenters. The van der Waals surface area contributed by atoms with E-state index in [-0.39, 0.29) is 11.8 Å². The molecule has 2 heterocycles. The Hall–Kier alpha value is -1.05. The fourth-order valence-electron chi connectivity index (χ4n) is 2.70. The lowest BCUT2D eigenvalue weighted by Crippen LogP contribution is -2.47. The van der Waals surface area contributed by atoms with Gasteiger partial charge in [0.1, 0.15) is 0 Å². The number of hydrogen-bond acceptors (Lipinski definition) is 5. The first kappa shape index (κ1) is 22.0. The minimum Gasteiger partial charge on any atom is -0.317 e. The van der Waals surface area contributed by atoms with Crippen molar-refractivity contribution in [1.29, 1.82) is 0 Å². The van der Waals surface area contributed by atoms with Crippen LogP contribution < -0.4 is 5.32 Å². The number of aromatic nitrogens is 2. The Labute approximate surface area is 153 Å². The van der Waals surface area contributed by atoms with Crippen LogP contribution in [-0.4, -0.2) is 54.1 Å². The molecule has 0 spiro atoms. The quantitative estimate of drug-likeness (QED) is 0.761. The molecular weight excluding hydrogens is 336 g/mol. The molecule has 0 saturated carbocycles. The molecular formula is C18H34N4O2S. The maximum atomic E-state index is 12.5. The lowest BCUT2D eigenvalue weighted by molar-refractivity contribution is 0.263. The molecule has 0 bridgehead atoms. The van der Waals surface area contributed by atoms with E-state index in [1.54, 1.807) is 22.9 Å². The molecule has 1 aliphatic heterocycles. The van der Waals surface area contributed by atoms with Crippen LogP contribution in [0.1, 0.15) is 58.6 Å². The van der Waals surface area contributed by atoms with Crippen molar-refractivity contribution in [2.75, 3.05) is 25.4 Å². The smallest absolute Gasteiger partial charge is 0.214 e. The van der Waals surface area contributed by atoms with Gasteiger partial charge in [0, 0.05) is 37.6 Å². The van der Waals surface area contributed by atoms with Crippen molar-refractivity contribution in [3.8, 4) is 0 Å². The summed E-state index contributed by atoms with van der Waals surface area (Å²) in [5.41, 5.74) is 0.836. The average molecular weight is 371 g/mol. The second-order valence-electron chi connectivity index (χ2n) is 6.35. The van der Waals surface area contributed by atoms with E-state index in [1.807, 2.05) is 6.92 Å². The Morgan fingerprint density at radius 1 is 1.12 bits per heavy atom. The molecule has 1 aromatic rings. The van der Waals surface area contributed by atoms with Crippen molar-refractivity contribution >= 4 is 10.0 Å². The number of sulfonamides is 1. The molecule has 0 radical (unpaired) electrons. The van der Waals surface area contributed by atoms with E-state index in [1.165, 1.54) is 12.8 Å². The van der Waals surface area contributed by atoms with Crippen LogP contribution >= 0.6 is 0 Å². The van der Waals surface area contributed by atoms with Crippen molar-refractivity contribution < 1.29 is 8.42 Å². The zero-order chi connectivity index (χ0) is 18.5. The number of piperidine rings is 1. The summed E-state index contributed by atoms with van der Waals surface area (Å²) in [5.74, 6) is 0.220. The molecule has 0 aromatic carbocycles. The highest BCUT2D eigenvalue weighted by Crippen LogP contribution is 2.18. The van der Waals surface area contributed by atoms with Crippen LogP contribution in [0.15, 0.2) is 18.6 Å². The zero-order valence-electron chi connectivity index (χ0n) is 15.9. The predicted octanol–water partition coefficient (Wildman–Crippen LogP) is 2.62. The molecule has 7 heteroatoms. The Bertz CT molecular complexity index is 543. The van der Waals surface area contributed by atoms with Gasteiger partial charge in [-0.25, -0.2) is 8.42 Å². The molecule has 1 aromatic heterocycles. The summed E-state index contributed by atoms with van der Waals surface area (Å²) in [4.78, 5) is 8.26. The normalized spacial score (nSPS) is 15.7. The van der Waals surface area contributed by atoms with Crippen LogP contribution in [0.2, 0.25) is 0 Å². The minimum atomic E-state index is -3.18. The van der Waals surface area contributed by atoms with Gasteiger partial charge in [-0.1, -0.05) is 33.6 Å². The molecule has 1 fully saturated rings. The first-order valence-electron chi connectivity index (χ1n) is 9.50. The SMILES string of the molecule is CCCC.CCCS(=O)(=O)N(CCc1cnccn1)C1CCNCC1. The third kappa shape index (κ3) is 8.25. The van der Waals surface area contributed by atoms with Crippen molar-refractivity contribution in [1.82, 2.24) is 19.6 Å². The van der Waals surface area contributed by atoms with Crippen molar-refractivity contribution in [2.45, 2.75) is 65.3 Å². The molecule has 0 amide bonds. The van der Waals surface area contributed by atoms with Crippen molar-refractivity contribution in [2.24, 2.45) is 0 Å². The monoisotopic (exact) mass is 370 g/mol. The summed E-state index contributed by atoms with van der Waals surface area (Å²) in [5, 5.41) is 3.28. The van der Waals surface area contributed by atoms with Crippen LogP contribution in [0.25, 0.3) is 0 Å². The third-order valence-corrected chi connectivity index (χ3v) is 6.36. The second kappa shape index (κ2) is 12.3. The number of nitrogens with zero attached hydrogens (tertiary/aromatic N) is 3. The van der Waals surface area contributed by atoms with Gasteiger partial charge in [-0.2, -0.15) is 4.31 Å². The molecule has 0 unspecified atom stereocenters. The van der Waals surface area contributed by atoms with Gasteiger partial charge < -0.3 is 5.32 Å². The minimum absolute atomic E-state index is 0.111. The van der Waals surface area contributed by atoms with Crippen LogP contribution in [0.4, 0.5) is 0 Å². The molecule has 144 valence electrons. The number of rotatable bonds is 8. The van der Waals surface area contributed by atoms with Crippen molar-refractivity contribution in [3.63, 3.8) is 0 Å². The Balaban J connectivity index is 0.000000705. The lowest BCUT2D eigenvalue weighted by Gasteiger charge is -2.33. The summed E-state index contributed by atoms with van der Waals surface area (Å²) in [7, 11) is -3.18. The van der Waals surface area contributed by atoms with Crippen LogP contribution in [0.3, 0.4) is 0 Å². The molecule has 1 saturated heterocycles. The Morgan fingerprint density at radius 2 is 1.80 bits per heavy atom. The van der Waals surface area contributed by atoms with Gasteiger partial charge in [-0.05, 0) is 32.4 Å². The maximum absolute atomic E-state index is 12.5. The van der Waals surface area contributed by atoms with Crippen LogP contribution in [0.5, 0.6) is 0 Å². The van der Waals surface area contributed by atoms with Crippen LogP contribution in [0, 0.1) is 0 Å². The molecule has 6 nitrogen and oxygen atoms in total. The van der Waals surface area contributed by atoms with E-state index in [0.717, 1.165) is 31.6 Å². The van der Waals surface area contributed by atoms with Gasteiger partial charge >= 0.3 is 0 Å². The fourth-order valence-corrected chi connectivity index (χ4v) is 4.49. The highest BCUT2D eigenvalue weighted by Gasteiger charge is 2.30. The molecule has 1 aliphatic rings. The Morgan fingerprint density at radius 3 is 2.32 bits per heavy atom. The second-order valence-corrected chi connectivity index (χ2v) is 8.40. The molecule has 2 rings (SSSR count). The summed E-state index contributed by atoms with van der Waals surface area (Å²) in [6, 6.07) is 0.111. The lowest BCUT2D eigenvalue weighted by atomic mass is 10.1. The highest BCUT2D eigenvalue weighted by atomic mass is 32.2. The van der Waals surface area contributed by atoms with E-state index in [9.17, 15) is 8.42 Å². The standard InChI is InChI=1S/C14H24N4O2S.C4H10/c1-2-11-21(19,20)18(14-3-6-15-7-4-14)10-5-13-12-16-8-9-17-13;1-3-4-2/h8-9,12,14-15H,2-7,10-11H2,1H3;3-4H2,1-2H3. The fraction of sp³-hybridized carbons (Fsp3) is 0.778. The average Bonchev–Trinajstić information content (AvgIpc) is 2.63. The van der Waals surface area contributed by atoms with Gasteiger partial charge in [-0.3, -0.25) is 9.97 Å². The zero-order valence-corrected chi connectivity index (χ0v) is 16.8. The molecule has 1 N–H and O–H groups in total. The highest BCUT2D eigenvalue weighted by molar-refractivity contribution is 7.89. The number of unbranched alkanes of at least 4 members (excludes halogenated alkanes) is 1. The first-order valence-corrected chi connectivity index (χ1v) is 11.1. The van der Waals surface area contributed by atoms with E-state index < -0.39 is 10.0 Å². The number of nitrogens with one attached hydrogen (secondary N) is 1. The summed E-state index contributed by atoms with van der Waals surface area (Å²) in [6.07, 6.45) is 10.6. The van der Waals surface area contributed by atoms with Gasteiger partial charge in [0.2, 0.25) is 10.0 Å². The van der Waals surface area contributed by atoms with Gasteiger partial charge in [-0.15, -0.1) is 0 Å². The van der Waals surface area contributed by atoms with E-state index in [0.29, 0.717) is 19.4 Å². The summed E-state index contributed by atoms with van der Waals surface area (Å²) in [6.45, 7) is 8.52. The van der Waals surface area contributed by atoms with Crippen molar-refractivity contribution in [3.05, 3.63) is 24.3 Å². The summed E-state index contributed by atoms with van der Waals surface area (Å²) < 4.78 is 26.7. The predicted molar refractivity (Wildman–Crippen MR) is 103 cm³/mol. The van der Waals surface area contributed by atoms with E-state index in [2.05, 4.69) is 29.1 Å². The Kier molecular flexibility index (Phi) is 10.8. The van der Waals surface area contributed by atoms with Gasteiger partial charge in [0.25, 0.3) is 0 Å². The number of hydrogen-bond donors (Lipinski definition) is 1. The van der Waals surface area contributed by atoms with Gasteiger partial charge in [0.15, 0.2) is 0 Å². The third-order valence-electron chi connectivity index (χ3n) is 4.24. The summed E-state index contributed by atoms with van der Waals surface area (Å²) >= 11 is 0. The topological polar surface area (TPSA) is 75.2 Å². The van der Waals surface area contributed by atoms with Crippen LogP contribution in [-0.2, 0) is 16.4 Å². The van der Waals surface area contributed by atoms with Gasteiger partial charge in [0.05, 0.1) is 11.4 Å². The first-order chi connectivity index (χ1) is 12.0. The van der Waals surface area contributed by atoms with E-state index >= 15 is 0 Å². The largest absolute Gasteiger partial charge is 0.317 e. The molecule has 25 heavy (non-hydrogen) atoms. The maximum Gasteiger partial charge on any atom is 0.214 e. The van der Waals surface area contributed by atoms with E-state index in [4.69, 9.17) is 0 Å².